The van der Waals surface area contributed by atoms with Gasteiger partial charge >= 0.3 is 0 Å². The largest absolute Gasteiger partial charge is 0.256 e. The molecular formula is C19H27NSi. The van der Waals surface area contributed by atoms with Gasteiger partial charge in [0.15, 0.2) is 0 Å². The summed E-state index contributed by atoms with van der Waals surface area (Å²) in [7, 11) is -4.43. The SMILES string of the molecule is [2H]C([2H])([2H])C(C)(C)C([2H])([2H])c1cc(-c2ccccc2)ncc1[Si](C)(C([2H])([2H])[2H])C([2H])([2H])[2H]. The summed E-state index contributed by atoms with van der Waals surface area (Å²) in [4.78, 5) is 4.29. The van der Waals surface area contributed by atoms with Gasteiger partial charge in [-0.15, -0.1) is 0 Å². The summed E-state index contributed by atoms with van der Waals surface area (Å²) < 4.78 is 89.7. The summed E-state index contributed by atoms with van der Waals surface area (Å²) in [6.45, 7) is -4.95. The Hall–Kier alpha value is -1.41. The number of hydrogen-bond acceptors (Lipinski definition) is 1. The Morgan fingerprint density at radius 1 is 1.24 bits per heavy atom. The average molecular weight is 309 g/mol. The Morgan fingerprint density at radius 3 is 2.57 bits per heavy atom. The van der Waals surface area contributed by atoms with Crippen molar-refractivity contribution in [2.75, 3.05) is 0 Å². The second-order valence-corrected chi connectivity index (χ2v) is 8.64. The zero-order chi connectivity index (χ0) is 25.0. The molecule has 1 aromatic heterocycles. The van der Waals surface area contributed by atoms with Gasteiger partial charge in [-0.05, 0) is 28.6 Å². The molecule has 0 saturated heterocycles. The lowest BCUT2D eigenvalue weighted by molar-refractivity contribution is 0.412. The van der Waals surface area contributed by atoms with Crippen molar-refractivity contribution in [3.63, 3.8) is 0 Å². The number of aromatic nitrogens is 1. The highest BCUT2D eigenvalue weighted by Crippen LogP contribution is 2.24. The van der Waals surface area contributed by atoms with Gasteiger partial charge in [-0.25, -0.2) is 0 Å². The van der Waals surface area contributed by atoms with Crippen LogP contribution in [0.25, 0.3) is 11.3 Å². The lowest BCUT2D eigenvalue weighted by atomic mass is 9.88. The monoisotopic (exact) mass is 308 g/mol. The lowest BCUT2D eigenvalue weighted by Gasteiger charge is -2.26. The molecule has 0 amide bonds. The smallest absolute Gasteiger partial charge is 0.0799 e. The van der Waals surface area contributed by atoms with Crippen molar-refractivity contribution in [2.24, 2.45) is 5.41 Å². The van der Waals surface area contributed by atoms with Gasteiger partial charge in [0.2, 0.25) is 0 Å². The van der Waals surface area contributed by atoms with Crippen molar-refractivity contribution in [3.05, 3.63) is 48.2 Å². The fraction of sp³-hybridized carbons (Fsp3) is 0.421. The van der Waals surface area contributed by atoms with E-state index in [4.69, 9.17) is 15.1 Å². The third kappa shape index (κ3) is 4.27. The molecule has 0 unspecified atom stereocenters. The van der Waals surface area contributed by atoms with Crippen LogP contribution in [-0.4, -0.2) is 13.1 Å². The second kappa shape index (κ2) is 5.76. The highest BCUT2D eigenvalue weighted by molar-refractivity contribution is 6.89. The second-order valence-electron chi connectivity index (χ2n) is 5.86. The van der Waals surface area contributed by atoms with Gasteiger partial charge in [0.05, 0.1) is 13.8 Å². The van der Waals surface area contributed by atoms with E-state index in [1.54, 1.807) is 30.3 Å². The van der Waals surface area contributed by atoms with E-state index in [0.717, 1.165) is 12.7 Å². The van der Waals surface area contributed by atoms with Crippen molar-refractivity contribution in [2.45, 2.75) is 46.6 Å². The summed E-state index contributed by atoms with van der Waals surface area (Å²) in [5.41, 5.74) is -1.31. The van der Waals surface area contributed by atoms with Gasteiger partial charge in [-0.1, -0.05) is 70.5 Å². The lowest BCUT2D eigenvalue weighted by Crippen LogP contribution is -2.41. The molecule has 0 aliphatic carbocycles. The molecule has 2 rings (SSSR count). The number of benzene rings is 1. The topological polar surface area (TPSA) is 12.9 Å². The van der Waals surface area contributed by atoms with Crippen molar-refractivity contribution in [1.29, 1.82) is 0 Å². The third-order valence-corrected chi connectivity index (χ3v) is 4.44. The minimum atomic E-state index is -4.43. The summed E-state index contributed by atoms with van der Waals surface area (Å²) >= 11 is 0. The molecule has 112 valence electrons. The molecule has 0 atom stereocenters. The van der Waals surface area contributed by atoms with Crippen LogP contribution < -0.4 is 5.19 Å². The van der Waals surface area contributed by atoms with Crippen LogP contribution in [0.15, 0.2) is 42.6 Å². The summed E-state index contributed by atoms with van der Waals surface area (Å²) in [6, 6.07) is 10.0. The molecule has 2 aromatic rings. The maximum atomic E-state index is 8.85. The van der Waals surface area contributed by atoms with Gasteiger partial charge < -0.3 is 0 Å². The molecule has 0 fully saturated rings. The first-order valence-corrected chi connectivity index (χ1v) is 9.26. The van der Waals surface area contributed by atoms with E-state index >= 15 is 0 Å². The minimum absolute atomic E-state index is 0.223. The fourth-order valence-electron chi connectivity index (χ4n) is 2.06. The standard InChI is InChI=1S/C19H27NSi/c1-19(2,3)13-16-12-17(15-10-8-7-9-11-15)20-14-18(16)21(4,5)6/h7-12,14H,13H2,1-6H3/i1D3,4D3,5D3,13D2. The molecule has 1 heterocycles. The van der Waals surface area contributed by atoms with E-state index in [2.05, 4.69) is 4.98 Å². The molecule has 0 aliphatic rings. The Bertz CT molecular complexity index is 946. The van der Waals surface area contributed by atoms with E-state index in [1.165, 1.54) is 19.9 Å². The molecule has 0 bridgehead atoms. The van der Waals surface area contributed by atoms with Gasteiger partial charge in [0.1, 0.15) is 0 Å². The molecule has 0 spiro atoms. The van der Waals surface area contributed by atoms with Gasteiger partial charge in [0.25, 0.3) is 0 Å². The Balaban J connectivity index is 2.99. The van der Waals surface area contributed by atoms with Gasteiger partial charge in [0, 0.05) is 26.8 Å². The zero-order valence-electron chi connectivity index (χ0n) is 23.5. The number of pyridine rings is 1. The van der Waals surface area contributed by atoms with Gasteiger partial charge in [-0.2, -0.15) is 0 Å². The molecule has 1 nitrogen and oxygen atoms in total. The van der Waals surface area contributed by atoms with Crippen molar-refractivity contribution < 1.29 is 15.1 Å². The molecule has 0 aliphatic heterocycles. The predicted molar refractivity (Wildman–Crippen MR) is 95.8 cm³/mol. The van der Waals surface area contributed by atoms with E-state index in [9.17, 15) is 0 Å². The normalized spacial score (nSPS) is 22.7. The quantitative estimate of drug-likeness (QED) is 0.736. The molecule has 2 heteroatoms. The summed E-state index contributed by atoms with van der Waals surface area (Å²) in [5.74, 6) is 0. The Morgan fingerprint density at radius 2 is 1.95 bits per heavy atom. The average Bonchev–Trinajstić information content (AvgIpc) is 2.64. The maximum Gasteiger partial charge on any atom is 0.0799 e. The van der Waals surface area contributed by atoms with Crippen LogP contribution in [0.5, 0.6) is 0 Å². The highest BCUT2D eigenvalue weighted by atomic mass is 28.3. The van der Waals surface area contributed by atoms with E-state index in [0.29, 0.717) is 11.3 Å². The van der Waals surface area contributed by atoms with E-state index < -0.39 is 39.7 Å². The van der Waals surface area contributed by atoms with Crippen molar-refractivity contribution in [3.8, 4) is 11.3 Å². The molecule has 1 aromatic carbocycles. The van der Waals surface area contributed by atoms with Crippen LogP contribution in [0.3, 0.4) is 0 Å². The molecule has 0 N–H and O–H groups in total. The minimum Gasteiger partial charge on any atom is -0.256 e. The van der Waals surface area contributed by atoms with Crippen LogP contribution in [-0.2, 0) is 6.37 Å². The predicted octanol–water partition coefficient (Wildman–Crippen LogP) is 4.88. The first kappa shape index (κ1) is 6.78. The van der Waals surface area contributed by atoms with Crippen LogP contribution in [0, 0.1) is 5.41 Å². The highest BCUT2D eigenvalue weighted by Gasteiger charge is 2.24. The van der Waals surface area contributed by atoms with E-state index in [-0.39, 0.29) is 10.8 Å². The van der Waals surface area contributed by atoms with Crippen LogP contribution in [0.1, 0.15) is 41.3 Å². The van der Waals surface area contributed by atoms with Gasteiger partial charge in [-0.3, -0.25) is 4.98 Å². The first-order valence-electron chi connectivity index (χ1n) is 12.3. The summed E-state index contributed by atoms with van der Waals surface area (Å²) in [5, 5.41) is -0.223. The molecule has 0 radical (unpaired) electrons. The van der Waals surface area contributed by atoms with Crippen LogP contribution in [0.2, 0.25) is 19.5 Å². The Labute approximate surface area is 145 Å². The zero-order valence-corrected chi connectivity index (χ0v) is 13.5. The van der Waals surface area contributed by atoms with Crippen molar-refractivity contribution >= 4 is 13.3 Å². The fourth-order valence-corrected chi connectivity index (χ4v) is 3.06. The number of rotatable bonds is 3. The maximum absolute atomic E-state index is 8.85. The van der Waals surface area contributed by atoms with Crippen LogP contribution in [0.4, 0.5) is 0 Å². The summed E-state index contributed by atoms with van der Waals surface area (Å²) in [6.07, 6.45) is -1.47. The van der Waals surface area contributed by atoms with Crippen molar-refractivity contribution in [1.82, 2.24) is 4.98 Å². The van der Waals surface area contributed by atoms with Crippen LogP contribution >= 0.6 is 0 Å². The molecular weight excluding hydrogens is 270 g/mol. The number of hydrogen-bond donors (Lipinski definition) is 0. The Kier molecular flexibility index (Phi) is 1.86. The first-order chi connectivity index (χ1) is 14.2. The third-order valence-electron chi connectivity index (χ3n) is 2.96. The molecule has 0 saturated carbocycles. The number of nitrogens with zero attached hydrogens (tertiary/aromatic N) is 1. The van der Waals surface area contributed by atoms with E-state index in [1.807, 2.05) is 0 Å². The molecule has 21 heavy (non-hydrogen) atoms.